The van der Waals surface area contributed by atoms with Gasteiger partial charge in [-0.2, -0.15) is 0 Å². The average molecular weight is 399 g/mol. The Hall–Kier alpha value is -0.821. The van der Waals surface area contributed by atoms with E-state index in [2.05, 4.69) is 19.9 Å². The molecule has 108 valence electrons. The molecule has 0 atom stereocenters. The molecule has 0 spiro atoms. The molecule has 0 fully saturated rings. The maximum atomic E-state index is 12.8. The molecule has 0 radical (unpaired) electrons. The molecular weight excluding hydrogens is 379 g/mol. The van der Waals surface area contributed by atoms with E-state index in [4.69, 9.17) is 0 Å². The first-order valence-electron chi connectivity index (χ1n) is 6.51. The van der Waals surface area contributed by atoms with Crippen LogP contribution in [0.4, 0.5) is 0 Å². The Morgan fingerprint density at radius 2 is 1.60 bits per heavy atom. The molecule has 2 rings (SSSR count). The summed E-state index contributed by atoms with van der Waals surface area (Å²) in [6.07, 6.45) is 1.66. The topological polar surface area (TPSA) is 52.0 Å². The van der Waals surface area contributed by atoms with Crippen molar-refractivity contribution >= 4 is 32.1 Å². The van der Waals surface area contributed by atoms with Gasteiger partial charge in [-0.15, -0.1) is 0 Å². The Balaban J connectivity index is 2.65. The van der Waals surface area contributed by atoms with Crippen LogP contribution in [0, 0.1) is 13.8 Å². The summed E-state index contributed by atoms with van der Waals surface area (Å²) in [4.78, 5) is 6.88. The minimum atomic E-state index is -3.59. The zero-order valence-electron chi connectivity index (χ0n) is 12.5. The van der Waals surface area contributed by atoms with Crippen molar-refractivity contribution in [1.29, 1.82) is 0 Å². The zero-order chi connectivity index (χ0) is 15.1. The summed E-state index contributed by atoms with van der Waals surface area (Å²) in [5, 5.41) is 4.13. The van der Waals surface area contributed by atoms with Crippen LogP contribution >= 0.6 is 0 Å². The zero-order valence-corrected chi connectivity index (χ0v) is 16.2. The molecule has 1 aromatic heterocycles. The monoisotopic (exact) mass is 400 g/mol. The van der Waals surface area contributed by atoms with E-state index < -0.39 is 28.4 Å². The normalized spacial score (nSPS) is 12.7. The Kier molecular flexibility index (Phi) is 4.03. The van der Waals surface area contributed by atoms with Gasteiger partial charge in [0.05, 0.1) is 0 Å². The van der Waals surface area contributed by atoms with Gasteiger partial charge in [0, 0.05) is 0 Å². The molecule has 20 heavy (non-hydrogen) atoms. The quantitative estimate of drug-likeness (QED) is 0.745. The van der Waals surface area contributed by atoms with E-state index in [1.165, 1.54) is 4.09 Å². The second-order valence-corrected chi connectivity index (χ2v) is 22.0. The fourth-order valence-corrected chi connectivity index (χ4v) is 11.7. The number of rotatable bonds is 3. The van der Waals surface area contributed by atoms with Gasteiger partial charge in [0.15, 0.2) is 0 Å². The average Bonchev–Trinajstić information content (AvgIpc) is 2.72. The third-order valence-electron chi connectivity index (χ3n) is 3.18. The Bertz CT molecular complexity index is 726. The van der Waals surface area contributed by atoms with E-state index in [1.807, 2.05) is 26.0 Å². The van der Waals surface area contributed by atoms with Gasteiger partial charge in [-0.1, -0.05) is 0 Å². The predicted molar refractivity (Wildman–Crippen MR) is 83.7 cm³/mol. The molecular formula is C14H20N2O2SSn. The summed E-state index contributed by atoms with van der Waals surface area (Å²) in [5.41, 5.74) is 2.01. The number of hydrogen-bond donors (Lipinski definition) is 0. The molecule has 0 bridgehead atoms. The molecule has 0 unspecified atom stereocenters. The van der Waals surface area contributed by atoms with Crippen molar-refractivity contribution in [2.24, 2.45) is 0 Å². The van der Waals surface area contributed by atoms with Gasteiger partial charge >= 0.3 is 125 Å². The van der Waals surface area contributed by atoms with Gasteiger partial charge in [0.25, 0.3) is 0 Å². The molecule has 1 aromatic carbocycles. The van der Waals surface area contributed by atoms with E-state index in [0.717, 1.165) is 14.8 Å². The van der Waals surface area contributed by atoms with Crippen molar-refractivity contribution in [3.8, 4) is 0 Å². The van der Waals surface area contributed by atoms with Crippen molar-refractivity contribution in [2.75, 3.05) is 0 Å². The Morgan fingerprint density at radius 1 is 1.05 bits per heavy atom. The van der Waals surface area contributed by atoms with E-state index in [9.17, 15) is 8.42 Å². The molecule has 1 heterocycles. The molecule has 0 aliphatic rings. The third-order valence-corrected chi connectivity index (χ3v) is 11.0. The van der Waals surface area contributed by atoms with E-state index in [-0.39, 0.29) is 0 Å². The Labute approximate surface area is 124 Å². The summed E-state index contributed by atoms with van der Waals surface area (Å²) in [6, 6.07) is 6.90. The van der Waals surface area contributed by atoms with Crippen molar-refractivity contribution in [2.45, 2.75) is 33.6 Å². The number of nitrogens with zero attached hydrogens (tertiary/aromatic N) is 2. The van der Waals surface area contributed by atoms with Gasteiger partial charge in [0.2, 0.25) is 0 Å². The van der Waals surface area contributed by atoms with Crippen LogP contribution in [0.15, 0.2) is 35.4 Å². The van der Waals surface area contributed by atoms with E-state index in [1.54, 1.807) is 18.3 Å². The molecule has 0 aliphatic heterocycles. The van der Waals surface area contributed by atoms with Crippen molar-refractivity contribution in [3.05, 3.63) is 41.6 Å². The first-order valence-corrected chi connectivity index (χ1v) is 17.9. The molecule has 4 nitrogen and oxygen atoms in total. The van der Waals surface area contributed by atoms with E-state index in [0.29, 0.717) is 4.90 Å². The summed E-state index contributed by atoms with van der Waals surface area (Å²) < 4.78 is 27.7. The first-order chi connectivity index (χ1) is 9.14. The van der Waals surface area contributed by atoms with Gasteiger partial charge in [-0.25, -0.2) is 0 Å². The number of aryl methyl sites for hydroxylation is 2. The summed E-state index contributed by atoms with van der Waals surface area (Å²) in [6.45, 7) is 3.87. The molecule has 0 saturated heterocycles. The van der Waals surface area contributed by atoms with Crippen LogP contribution in [0.1, 0.15) is 11.1 Å². The first kappa shape index (κ1) is 15.6. The molecule has 0 amide bonds. The van der Waals surface area contributed by atoms with Crippen LogP contribution in [-0.4, -0.2) is 36.0 Å². The van der Waals surface area contributed by atoms with Crippen LogP contribution in [-0.2, 0) is 10.0 Å². The van der Waals surface area contributed by atoms with Gasteiger partial charge in [0.1, 0.15) is 0 Å². The second-order valence-electron chi connectivity index (χ2n) is 6.09. The van der Waals surface area contributed by atoms with Crippen molar-refractivity contribution in [1.82, 2.24) is 9.19 Å². The standard InChI is InChI=1S/C11H11N2O2S.3CH3.Sn/c1-9-3-5-11(6-4-9)16(14,15)13-8-10(2)7-12-13;;;;/h3-7H,1-2H3;3*1H3;. The molecule has 0 aliphatic carbocycles. The molecule has 0 N–H and O–H groups in total. The van der Waals surface area contributed by atoms with Crippen LogP contribution in [0.25, 0.3) is 0 Å². The van der Waals surface area contributed by atoms with Crippen LogP contribution < -0.4 is 3.71 Å². The Morgan fingerprint density at radius 3 is 2.10 bits per heavy atom. The summed E-state index contributed by atoms with van der Waals surface area (Å²) in [5.74, 6) is 0. The number of benzene rings is 1. The number of aromatic nitrogens is 2. The minimum absolute atomic E-state index is 0.294. The van der Waals surface area contributed by atoms with E-state index >= 15 is 0 Å². The van der Waals surface area contributed by atoms with Crippen LogP contribution in [0.2, 0.25) is 14.8 Å². The maximum absolute atomic E-state index is 12.8. The second kappa shape index (κ2) is 5.18. The van der Waals surface area contributed by atoms with Gasteiger partial charge in [-0.3, -0.25) is 0 Å². The molecule has 6 heteroatoms. The fraction of sp³-hybridized carbons (Fsp3) is 0.357. The molecule has 2 aromatic rings. The van der Waals surface area contributed by atoms with Crippen LogP contribution in [0.5, 0.6) is 0 Å². The summed E-state index contributed by atoms with van der Waals surface area (Å²) >= 11 is -2.58. The van der Waals surface area contributed by atoms with Gasteiger partial charge in [-0.05, 0) is 0 Å². The third kappa shape index (κ3) is 2.79. The van der Waals surface area contributed by atoms with Crippen molar-refractivity contribution < 1.29 is 8.42 Å². The molecule has 0 saturated carbocycles. The fourth-order valence-electron chi connectivity index (χ4n) is 2.28. The van der Waals surface area contributed by atoms with Crippen molar-refractivity contribution in [3.63, 3.8) is 0 Å². The number of hydrogen-bond acceptors (Lipinski definition) is 3. The summed E-state index contributed by atoms with van der Waals surface area (Å²) in [7, 11) is -3.59. The SMILES string of the molecule is Cc1ccc(S(=O)(=O)n2ncc(C)[c]2[Sn]([CH3])([CH3])[CH3])cc1. The predicted octanol–water partition coefficient (Wildman–Crippen LogP) is 2.28. The van der Waals surface area contributed by atoms with Crippen LogP contribution in [0.3, 0.4) is 0 Å². The van der Waals surface area contributed by atoms with Gasteiger partial charge < -0.3 is 0 Å².